The zero-order chi connectivity index (χ0) is 15.2. The predicted octanol–water partition coefficient (Wildman–Crippen LogP) is 1.47. The number of aliphatic carboxylic acids is 1. The topological polar surface area (TPSA) is 113 Å². The highest BCUT2D eigenvalue weighted by Gasteiger charge is 2.38. The fourth-order valence-electron chi connectivity index (χ4n) is 1.59. The quantitative estimate of drug-likeness (QED) is 0.499. The van der Waals surface area contributed by atoms with Crippen LogP contribution >= 0.6 is 0 Å². The number of ether oxygens (including phenoxy) is 1. The number of nitrogens with one attached hydrogen (secondary N) is 1. The van der Waals surface area contributed by atoms with Crippen LogP contribution in [0.25, 0.3) is 0 Å². The van der Waals surface area contributed by atoms with Crippen LogP contribution in [0.4, 0.5) is 4.79 Å². The Morgan fingerprint density at radius 1 is 1.21 bits per heavy atom. The summed E-state index contributed by atoms with van der Waals surface area (Å²) in [4.78, 5) is 33.7. The summed E-state index contributed by atoms with van der Waals surface area (Å²) in [6, 6.07) is -1.00. The smallest absolute Gasteiger partial charge is 0.404 e. The maximum atomic E-state index is 11.9. The Morgan fingerprint density at radius 3 is 2.05 bits per heavy atom. The fourth-order valence-corrected chi connectivity index (χ4v) is 1.59. The molecule has 2 atom stereocenters. The Labute approximate surface area is 111 Å². The number of esters is 1. The van der Waals surface area contributed by atoms with E-state index in [1.165, 1.54) is 0 Å². The van der Waals surface area contributed by atoms with E-state index in [1.54, 1.807) is 27.7 Å². The van der Waals surface area contributed by atoms with Crippen LogP contribution < -0.4 is 5.32 Å². The number of carbonyl (C=O) groups excluding carboxylic acids is 1. The van der Waals surface area contributed by atoms with E-state index in [0.717, 1.165) is 0 Å². The van der Waals surface area contributed by atoms with Gasteiger partial charge in [0, 0.05) is 0 Å². The average Bonchev–Trinajstić information content (AvgIpc) is 2.12. The van der Waals surface area contributed by atoms with Crippen LogP contribution in [0.3, 0.4) is 0 Å². The van der Waals surface area contributed by atoms with Gasteiger partial charge in [0.1, 0.15) is 5.60 Å². The number of carboxylic acid groups (broad SMARTS) is 2. The van der Waals surface area contributed by atoms with Crippen LogP contribution in [-0.4, -0.2) is 39.9 Å². The number of carboxylic acids is 1. The second-order valence-corrected chi connectivity index (χ2v) is 5.19. The Morgan fingerprint density at radius 2 is 1.74 bits per heavy atom. The van der Waals surface area contributed by atoms with Crippen molar-refractivity contribution in [3.05, 3.63) is 0 Å². The number of amides is 1. The van der Waals surface area contributed by atoms with E-state index in [-0.39, 0.29) is 6.42 Å². The lowest BCUT2D eigenvalue weighted by Gasteiger charge is -2.26. The van der Waals surface area contributed by atoms with E-state index in [4.69, 9.17) is 14.9 Å². The highest BCUT2D eigenvalue weighted by molar-refractivity contribution is 5.95. The summed E-state index contributed by atoms with van der Waals surface area (Å²) in [5, 5.41) is 19.9. The van der Waals surface area contributed by atoms with Crippen LogP contribution in [0.15, 0.2) is 0 Å². The van der Waals surface area contributed by atoms with Crippen molar-refractivity contribution in [2.45, 2.75) is 52.2 Å². The van der Waals surface area contributed by atoms with Crippen LogP contribution in [0.2, 0.25) is 0 Å². The van der Waals surface area contributed by atoms with Gasteiger partial charge in [0.15, 0.2) is 5.92 Å². The normalized spacial score (nSPS) is 14.3. The van der Waals surface area contributed by atoms with E-state index in [9.17, 15) is 14.4 Å². The van der Waals surface area contributed by atoms with Gasteiger partial charge in [0.05, 0.1) is 6.04 Å². The van der Waals surface area contributed by atoms with Crippen LogP contribution in [0, 0.1) is 5.92 Å². The monoisotopic (exact) mass is 275 g/mol. The second kappa shape index (κ2) is 6.96. The second-order valence-electron chi connectivity index (χ2n) is 5.19. The van der Waals surface area contributed by atoms with E-state index in [2.05, 4.69) is 5.32 Å². The number of hydrogen-bond acceptors (Lipinski definition) is 4. The van der Waals surface area contributed by atoms with Crippen LogP contribution in [0.1, 0.15) is 40.5 Å². The zero-order valence-electron chi connectivity index (χ0n) is 11.6. The first-order chi connectivity index (χ1) is 8.58. The molecule has 0 fully saturated rings. The molecule has 0 heterocycles. The molecular formula is C12H21NO6. The van der Waals surface area contributed by atoms with Gasteiger partial charge in [-0.2, -0.15) is 0 Å². The first kappa shape index (κ1) is 17.2. The summed E-state index contributed by atoms with van der Waals surface area (Å²) in [6.07, 6.45) is -0.590. The number of carbonyl (C=O) groups is 3. The summed E-state index contributed by atoms with van der Waals surface area (Å²) in [6.45, 7) is 6.61. The summed E-state index contributed by atoms with van der Waals surface area (Å²) < 4.78 is 5.02. The van der Waals surface area contributed by atoms with Crippen molar-refractivity contribution in [1.29, 1.82) is 0 Å². The summed E-state index contributed by atoms with van der Waals surface area (Å²) in [5.74, 6) is -3.89. The molecule has 0 aliphatic rings. The third-order valence-corrected chi connectivity index (χ3v) is 2.24. The number of rotatable bonds is 6. The van der Waals surface area contributed by atoms with Gasteiger partial charge in [-0.1, -0.05) is 13.3 Å². The lowest BCUT2D eigenvalue weighted by Crippen LogP contribution is -2.48. The van der Waals surface area contributed by atoms with Crippen molar-refractivity contribution in [2.24, 2.45) is 5.92 Å². The molecule has 0 aromatic rings. The first-order valence-electron chi connectivity index (χ1n) is 6.03. The van der Waals surface area contributed by atoms with Crippen molar-refractivity contribution in [3.63, 3.8) is 0 Å². The molecule has 19 heavy (non-hydrogen) atoms. The predicted molar refractivity (Wildman–Crippen MR) is 66.8 cm³/mol. The van der Waals surface area contributed by atoms with Gasteiger partial charge in [-0.25, -0.2) is 4.79 Å². The largest absolute Gasteiger partial charge is 0.481 e. The SMILES string of the molecule is CCCC(NC(=O)O)[C@@H](C(=O)O)C(=O)OC(C)(C)C. The molecule has 0 bridgehead atoms. The third kappa shape index (κ3) is 6.64. The van der Waals surface area contributed by atoms with Crippen molar-refractivity contribution in [2.75, 3.05) is 0 Å². The van der Waals surface area contributed by atoms with Crippen molar-refractivity contribution in [1.82, 2.24) is 5.32 Å². The molecule has 0 aliphatic carbocycles. The van der Waals surface area contributed by atoms with Crippen molar-refractivity contribution < 1.29 is 29.3 Å². The molecule has 0 rings (SSSR count). The Bertz CT molecular complexity index is 347. The summed E-state index contributed by atoms with van der Waals surface area (Å²) in [5.41, 5.74) is -0.829. The minimum Gasteiger partial charge on any atom is -0.481 e. The summed E-state index contributed by atoms with van der Waals surface area (Å²) in [7, 11) is 0. The zero-order valence-corrected chi connectivity index (χ0v) is 11.6. The van der Waals surface area contributed by atoms with Gasteiger partial charge in [0.2, 0.25) is 0 Å². The van der Waals surface area contributed by atoms with Gasteiger partial charge >= 0.3 is 18.0 Å². The maximum absolute atomic E-state index is 11.9. The minimum atomic E-state index is -1.55. The lowest BCUT2D eigenvalue weighted by atomic mass is 9.95. The minimum absolute atomic E-state index is 0.239. The molecule has 1 unspecified atom stereocenters. The molecule has 0 aromatic carbocycles. The molecule has 7 heteroatoms. The Kier molecular flexibility index (Phi) is 6.31. The Balaban J connectivity index is 5.08. The fraction of sp³-hybridized carbons (Fsp3) is 0.750. The average molecular weight is 275 g/mol. The van der Waals surface area contributed by atoms with Gasteiger partial charge in [-0.3, -0.25) is 9.59 Å². The van der Waals surface area contributed by atoms with E-state index < -0.39 is 35.6 Å². The van der Waals surface area contributed by atoms with E-state index >= 15 is 0 Å². The van der Waals surface area contributed by atoms with Crippen molar-refractivity contribution >= 4 is 18.0 Å². The van der Waals surface area contributed by atoms with Gasteiger partial charge in [0.25, 0.3) is 0 Å². The number of hydrogen-bond donors (Lipinski definition) is 3. The van der Waals surface area contributed by atoms with Gasteiger partial charge < -0.3 is 20.3 Å². The highest BCUT2D eigenvalue weighted by Crippen LogP contribution is 2.17. The van der Waals surface area contributed by atoms with Gasteiger partial charge in [-0.05, 0) is 27.2 Å². The molecule has 0 aliphatic heterocycles. The molecular weight excluding hydrogens is 254 g/mol. The molecule has 0 saturated carbocycles. The van der Waals surface area contributed by atoms with E-state index in [1.807, 2.05) is 0 Å². The van der Waals surface area contributed by atoms with E-state index in [0.29, 0.717) is 6.42 Å². The molecule has 3 N–H and O–H groups in total. The molecule has 0 radical (unpaired) electrons. The van der Waals surface area contributed by atoms with Crippen LogP contribution in [0.5, 0.6) is 0 Å². The molecule has 1 amide bonds. The molecule has 0 aromatic heterocycles. The molecule has 7 nitrogen and oxygen atoms in total. The maximum Gasteiger partial charge on any atom is 0.404 e. The molecule has 0 saturated heterocycles. The first-order valence-corrected chi connectivity index (χ1v) is 6.03. The highest BCUT2D eigenvalue weighted by atomic mass is 16.6. The molecule has 110 valence electrons. The van der Waals surface area contributed by atoms with Crippen molar-refractivity contribution in [3.8, 4) is 0 Å². The summed E-state index contributed by atoms with van der Waals surface area (Å²) >= 11 is 0. The standard InChI is InChI=1S/C12H21NO6/c1-5-6-7(13-11(17)18)8(9(14)15)10(16)19-12(2,3)4/h7-8,13H,5-6H2,1-4H3,(H,14,15)(H,17,18)/t7?,8-/m0/s1. The Hall–Kier alpha value is -1.79. The van der Waals surface area contributed by atoms with Gasteiger partial charge in [-0.15, -0.1) is 0 Å². The lowest BCUT2D eigenvalue weighted by molar-refractivity contribution is -0.168. The molecule has 0 spiro atoms. The third-order valence-electron chi connectivity index (χ3n) is 2.24. The van der Waals surface area contributed by atoms with Crippen LogP contribution in [-0.2, 0) is 14.3 Å².